The van der Waals surface area contributed by atoms with Crippen molar-refractivity contribution in [1.82, 2.24) is 40.8 Å². The van der Waals surface area contributed by atoms with Crippen molar-refractivity contribution in [2.75, 3.05) is 20.8 Å². The molecule has 4 aromatic rings. The van der Waals surface area contributed by atoms with E-state index in [1.54, 1.807) is 6.20 Å². The van der Waals surface area contributed by atoms with Gasteiger partial charge < -0.3 is 40.3 Å². The third-order valence-corrected chi connectivity index (χ3v) is 10.8. The summed E-state index contributed by atoms with van der Waals surface area (Å²) < 4.78 is 9.47. The van der Waals surface area contributed by atoms with Crippen LogP contribution in [0.4, 0.5) is 9.59 Å². The van der Waals surface area contributed by atoms with E-state index in [4.69, 9.17) is 14.5 Å². The predicted octanol–water partition coefficient (Wildman–Crippen LogP) is 6.31. The Labute approximate surface area is 321 Å². The lowest BCUT2D eigenvalue weighted by atomic mass is 9.99. The van der Waals surface area contributed by atoms with E-state index in [0.29, 0.717) is 6.54 Å². The Hall–Kier alpha value is -5.66. The zero-order chi connectivity index (χ0) is 39.2. The number of aromatic amines is 2. The van der Waals surface area contributed by atoms with Gasteiger partial charge in [0.05, 0.1) is 44.0 Å². The van der Waals surface area contributed by atoms with E-state index in [9.17, 15) is 19.2 Å². The van der Waals surface area contributed by atoms with Gasteiger partial charge >= 0.3 is 12.2 Å². The van der Waals surface area contributed by atoms with Gasteiger partial charge in [-0.25, -0.2) is 19.6 Å². The first-order valence-corrected chi connectivity index (χ1v) is 19.1. The first-order chi connectivity index (χ1) is 26.5. The smallest absolute Gasteiger partial charge is 0.407 e. The SMILES string of the molecule is COC(=O)N[C@H](C(=O)N[C@H]1CCC[C@@H]1c1ncc(-c2ccc(-c3ccc(-c4cnc([C@@H]5CCCN5C(=O)[C@@H](NC(=O)OC)C(C)C)[nH]4)cc3)cc2)[nH]1)C(C)C. The Morgan fingerprint density at radius 3 is 1.75 bits per heavy atom. The minimum Gasteiger partial charge on any atom is -0.453 e. The number of methoxy groups -OCH3 is 2. The molecule has 0 bridgehead atoms. The van der Waals surface area contributed by atoms with E-state index < -0.39 is 24.3 Å². The van der Waals surface area contributed by atoms with Gasteiger partial charge in [-0.1, -0.05) is 82.6 Å². The first kappa shape index (κ1) is 39.0. The third-order valence-electron chi connectivity index (χ3n) is 10.8. The Kier molecular flexibility index (Phi) is 12.2. The van der Waals surface area contributed by atoms with E-state index >= 15 is 0 Å². The lowest BCUT2D eigenvalue weighted by Crippen LogP contribution is -2.52. The second kappa shape index (κ2) is 17.2. The second-order valence-electron chi connectivity index (χ2n) is 15.1. The van der Waals surface area contributed by atoms with Crippen LogP contribution in [-0.2, 0) is 19.1 Å². The zero-order valence-electron chi connectivity index (χ0n) is 32.3. The molecule has 3 heterocycles. The van der Waals surface area contributed by atoms with E-state index in [2.05, 4.69) is 79.4 Å². The van der Waals surface area contributed by atoms with Crippen LogP contribution in [0.1, 0.15) is 83.4 Å². The van der Waals surface area contributed by atoms with Crippen molar-refractivity contribution in [1.29, 1.82) is 0 Å². The molecule has 1 saturated carbocycles. The summed E-state index contributed by atoms with van der Waals surface area (Å²) in [7, 11) is 2.57. The number of carbonyl (C=O) groups excluding carboxylic acids is 4. The summed E-state index contributed by atoms with van der Waals surface area (Å²) >= 11 is 0. The maximum atomic E-state index is 13.5. The van der Waals surface area contributed by atoms with Crippen LogP contribution in [0.15, 0.2) is 60.9 Å². The Bertz CT molecular complexity index is 1950. The Morgan fingerprint density at radius 2 is 1.20 bits per heavy atom. The number of likely N-dealkylation sites (tertiary alicyclic amines) is 1. The Balaban J connectivity index is 1.09. The molecule has 55 heavy (non-hydrogen) atoms. The Morgan fingerprint density at radius 1 is 0.691 bits per heavy atom. The second-order valence-corrected chi connectivity index (χ2v) is 15.1. The molecule has 2 fully saturated rings. The molecule has 5 atom stereocenters. The summed E-state index contributed by atoms with van der Waals surface area (Å²) in [6, 6.07) is 14.9. The highest BCUT2D eigenvalue weighted by Gasteiger charge is 2.38. The number of H-pyrrole nitrogens is 2. The molecule has 0 unspecified atom stereocenters. The molecule has 0 radical (unpaired) electrons. The van der Waals surface area contributed by atoms with Crippen LogP contribution in [0.2, 0.25) is 0 Å². The maximum Gasteiger partial charge on any atom is 0.407 e. The molecule has 5 N–H and O–H groups in total. The number of alkyl carbamates (subject to hydrolysis) is 2. The minimum atomic E-state index is -0.691. The van der Waals surface area contributed by atoms with E-state index in [0.717, 1.165) is 77.4 Å². The molecule has 1 aliphatic carbocycles. The third kappa shape index (κ3) is 8.84. The molecule has 2 aromatic heterocycles. The van der Waals surface area contributed by atoms with Crippen LogP contribution in [0.25, 0.3) is 33.6 Å². The molecule has 6 rings (SSSR count). The van der Waals surface area contributed by atoms with Gasteiger partial charge in [-0.3, -0.25) is 9.59 Å². The van der Waals surface area contributed by atoms with Gasteiger partial charge in [0.15, 0.2) is 0 Å². The molecule has 2 aromatic carbocycles. The van der Waals surface area contributed by atoms with Crippen molar-refractivity contribution < 1.29 is 28.7 Å². The number of imidazole rings is 2. The average Bonchev–Trinajstić information content (AvgIpc) is 4.02. The summed E-state index contributed by atoms with van der Waals surface area (Å²) in [6.45, 7) is 8.17. The van der Waals surface area contributed by atoms with E-state index in [-0.39, 0.29) is 41.7 Å². The van der Waals surface area contributed by atoms with Crippen LogP contribution < -0.4 is 16.0 Å². The number of benzene rings is 2. The van der Waals surface area contributed by atoms with E-state index in [1.165, 1.54) is 14.2 Å². The topological polar surface area (TPSA) is 183 Å². The molecule has 1 saturated heterocycles. The molecule has 292 valence electrons. The largest absolute Gasteiger partial charge is 0.453 e. The molecule has 4 amide bonds. The number of hydrogen-bond donors (Lipinski definition) is 5. The standard InChI is InChI=1S/C41H52N8O6/c1-23(2)34(47-40(52)54-5)38(50)46-30-10-7-9-29(30)36-42-21-31(44-36)27-16-12-25(13-17-27)26-14-18-28(19-15-26)32-22-43-37(45-32)33-11-8-20-49(33)39(51)35(24(3)4)48-41(53)55-6/h12-19,21-24,29-30,33-35H,7-11,20H2,1-6H3,(H,42,44)(H,43,45)(H,46,50)(H,47,52)(H,48,53)/t29-,30-,33-,34-,35-/m0/s1. The number of ether oxygens (including phenoxy) is 2. The van der Waals surface area contributed by atoms with Crippen LogP contribution in [0.5, 0.6) is 0 Å². The fraction of sp³-hybridized carbons (Fsp3) is 0.463. The molecule has 14 heteroatoms. The quantitative estimate of drug-likeness (QED) is 0.112. The minimum absolute atomic E-state index is 0.0412. The normalized spacial score (nSPS) is 19.3. The molecule has 2 aliphatic rings. The van der Waals surface area contributed by atoms with Gasteiger partial charge in [-0.05, 0) is 59.8 Å². The number of amides is 4. The summed E-state index contributed by atoms with van der Waals surface area (Å²) in [5.41, 5.74) is 5.88. The fourth-order valence-electron chi connectivity index (χ4n) is 7.66. The predicted molar refractivity (Wildman–Crippen MR) is 208 cm³/mol. The fourth-order valence-corrected chi connectivity index (χ4v) is 7.66. The number of nitrogens with zero attached hydrogens (tertiary/aromatic N) is 3. The maximum absolute atomic E-state index is 13.5. The van der Waals surface area contributed by atoms with Gasteiger partial charge in [0.2, 0.25) is 11.8 Å². The highest BCUT2D eigenvalue weighted by molar-refractivity contribution is 5.87. The highest BCUT2D eigenvalue weighted by Crippen LogP contribution is 2.36. The molecule has 0 spiro atoms. The molecule has 14 nitrogen and oxygen atoms in total. The summed E-state index contributed by atoms with van der Waals surface area (Å²) in [4.78, 5) is 68.6. The van der Waals surface area contributed by atoms with Gasteiger partial charge in [0, 0.05) is 18.5 Å². The van der Waals surface area contributed by atoms with Crippen molar-refractivity contribution in [3.8, 4) is 33.6 Å². The van der Waals surface area contributed by atoms with Gasteiger partial charge in [-0.15, -0.1) is 0 Å². The number of nitrogens with one attached hydrogen (secondary N) is 5. The van der Waals surface area contributed by atoms with Crippen molar-refractivity contribution in [3.63, 3.8) is 0 Å². The number of aromatic nitrogens is 4. The highest BCUT2D eigenvalue weighted by atomic mass is 16.5. The van der Waals surface area contributed by atoms with Crippen molar-refractivity contribution in [3.05, 3.63) is 72.6 Å². The van der Waals surface area contributed by atoms with Crippen LogP contribution in [0, 0.1) is 11.8 Å². The molecular formula is C41H52N8O6. The number of carbonyl (C=O) groups is 4. The average molecular weight is 753 g/mol. The zero-order valence-corrected chi connectivity index (χ0v) is 32.3. The monoisotopic (exact) mass is 752 g/mol. The lowest BCUT2D eigenvalue weighted by molar-refractivity contribution is -0.135. The van der Waals surface area contributed by atoms with Crippen LogP contribution in [-0.4, -0.2) is 87.7 Å². The molecular weight excluding hydrogens is 701 g/mol. The van der Waals surface area contributed by atoms with Crippen LogP contribution >= 0.6 is 0 Å². The summed E-state index contributed by atoms with van der Waals surface area (Å²) in [6.07, 6.45) is 6.73. The van der Waals surface area contributed by atoms with Crippen molar-refractivity contribution >= 4 is 24.0 Å². The molecule has 1 aliphatic heterocycles. The lowest BCUT2D eigenvalue weighted by Gasteiger charge is -2.30. The van der Waals surface area contributed by atoms with Crippen LogP contribution in [0.3, 0.4) is 0 Å². The van der Waals surface area contributed by atoms with Gasteiger partial charge in [-0.2, -0.15) is 0 Å². The first-order valence-electron chi connectivity index (χ1n) is 19.1. The van der Waals surface area contributed by atoms with Crippen molar-refractivity contribution in [2.24, 2.45) is 11.8 Å². The number of hydrogen-bond acceptors (Lipinski definition) is 8. The number of rotatable bonds is 12. The summed E-state index contributed by atoms with van der Waals surface area (Å²) in [5.74, 6) is 1.04. The van der Waals surface area contributed by atoms with Gasteiger partial charge in [0.1, 0.15) is 23.7 Å². The summed E-state index contributed by atoms with van der Waals surface area (Å²) in [5, 5.41) is 8.50. The van der Waals surface area contributed by atoms with E-state index in [1.807, 2.05) is 38.8 Å². The van der Waals surface area contributed by atoms with Crippen molar-refractivity contribution in [2.45, 2.75) is 89.9 Å². The van der Waals surface area contributed by atoms with Gasteiger partial charge in [0.25, 0.3) is 0 Å².